The lowest BCUT2D eigenvalue weighted by Crippen LogP contribution is -2.39. The molecule has 0 aromatic carbocycles. The first-order valence-corrected chi connectivity index (χ1v) is 8.76. The summed E-state index contributed by atoms with van der Waals surface area (Å²) in [6.07, 6.45) is 4.12. The van der Waals surface area contributed by atoms with Crippen molar-refractivity contribution in [2.45, 2.75) is 45.7 Å². The van der Waals surface area contributed by atoms with Crippen molar-refractivity contribution >= 4 is 39.9 Å². The van der Waals surface area contributed by atoms with Gasteiger partial charge >= 0.3 is 0 Å². The number of aryl methyl sites for hydroxylation is 3. The fourth-order valence-corrected chi connectivity index (χ4v) is 3.65. The molecule has 8 heteroatoms. The zero-order chi connectivity index (χ0) is 16.6. The zero-order valence-electron chi connectivity index (χ0n) is 13.9. The Labute approximate surface area is 150 Å². The number of amides is 1. The summed E-state index contributed by atoms with van der Waals surface area (Å²) in [7, 11) is 0. The van der Waals surface area contributed by atoms with Crippen molar-refractivity contribution in [3.05, 3.63) is 27.1 Å². The van der Waals surface area contributed by atoms with Crippen LogP contribution in [0.4, 0.5) is 0 Å². The van der Waals surface area contributed by atoms with E-state index in [2.05, 4.69) is 10.3 Å². The predicted octanol–water partition coefficient (Wildman–Crippen LogP) is 1.74. The normalized spacial score (nSPS) is 15.1. The van der Waals surface area contributed by atoms with Gasteiger partial charge in [-0.15, -0.1) is 23.7 Å². The second-order valence-electron chi connectivity index (χ2n) is 6.26. The number of thiophene rings is 1. The van der Waals surface area contributed by atoms with Gasteiger partial charge in [0.15, 0.2) is 0 Å². The molecule has 1 aliphatic carbocycles. The lowest BCUT2D eigenvalue weighted by molar-refractivity contribution is -0.121. The summed E-state index contributed by atoms with van der Waals surface area (Å²) in [4.78, 5) is 30.6. The molecule has 1 amide bonds. The lowest BCUT2D eigenvalue weighted by atomic mass is 10.2. The maximum atomic E-state index is 12.5. The van der Waals surface area contributed by atoms with Crippen LogP contribution in [0.5, 0.6) is 0 Å². The minimum Gasteiger partial charge on any atom is -0.354 e. The van der Waals surface area contributed by atoms with Crippen LogP contribution in [0.1, 0.15) is 29.7 Å². The van der Waals surface area contributed by atoms with Crippen molar-refractivity contribution in [3.63, 3.8) is 0 Å². The first kappa shape index (κ1) is 18.9. The number of fused-ring (bicyclic) bond motifs is 1. The lowest BCUT2D eigenvalue weighted by Gasteiger charge is -2.12. The molecule has 2 aromatic rings. The Kier molecular flexibility index (Phi) is 6.01. The highest BCUT2D eigenvalue weighted by Gasteiger charge is 2.28. The van der Waals surface area contributed by atoms with E-state index in [4.69, 9.17) is 5.73 Å². The zero-order valence-corrected chi connectivity index (χ0v) is 15.5. The number of hydrogen-bond donors (Lipinski definition) is 2. The summed E-state index contributed by atoms with van der Waals surface area (Å²) in [5.74, 6) is 0.487. The molecule has 0 radical (unpaired) electrons. The molecule has 1 fully saturated rings. The number of nitrogens with two attached hydrogens (primary N) is 1. The standard InChI is InChI=1S/C16H22N4O2S.ClH/c1-9-10(2)23-15-14(9)16(22)20(8-19-15)6-5-13(21)18-7-12(17)11-3-4-11;/h8,11-12H,3-7,17H2,1-2H3,(H,18,21);1H. The van der Waals surface area contributed by atoms with Crippen molar-refractivity contribution in [2.24, 2.45) is 11.7 Å². The van der Waals surface area contributed by atoms with Crippen molar-refractivity contribution in [1.82, 2.24) is 14.9 Å². The fourth-order valence-electron chi connectivity index (χ4n) is 2.66. The highest BCUT2D eigenvalue weighted by atomic mass is 35.5. The molecule has 2 heterocycles. The second kappa shape index (κ2) is 7.63. The summed E-state index contributed by atoms with van der Waals surface area (Å²) in [5.41, 5.74) is 6.87. The molecule has 132 valence electrons. The Morgan fingerprint density at radius 1 is 1.50 bits per heavy atom. The van der Waals surface area contributed by atoms with Crippen molar-refractivity contribution in [1.29, 1.82) is 0 Å². The second-order valence-corrected chi connectivity index (χ2v) is 7.47. The van der Waals surface area contributed by atoms with Crippen molar-refractivity contribution in [2.75, 3.05) is 6.54 Å². The molecule has 1 aliphatic rings. The molecule has 2 aromatic heterocycles. The molecule has 0 spiro atoms. The molecule has 1 unspecified atom stereocenters. The smallest absolute Gasteiger partial charge is 0.262 e. The molecular formula is C16H23ClN4O2S. The molecule has 24 heavy (non-hydrogen) atoms. The van der Waals surface area contributed by atoms with Crippen molar-refractivity contribution < 1.29 is 4.79 Å². The number of carbonyl (C=O) groups is 1. The SMILES string of the molecule is Cc1sc2ncn(CCC(=O)NCC(N)C3CC3)c(=O)c2c1C.Cl. The summed E-state index contributed by atoms with van der Waals surface area (Å²) in [5, 5.41) is 3.52. The van der Waals surface area contributed by atoms with Crippen LogP contribution < -0.4 is 16.6 Å². The van der Waals surface area contributed by atoms with Crippen LogP contribution in [-0.4, -0.2) is 28.0 Å². The summed E-state index contributed by atoms with van der Waals surface area (Å²) in [6.45, 7) is 4.77. The fraction of sp³-hybridized carbons (Fsp3) is 0.562. The van der Waals surface area contributed by atoms with Crippen LogP contribution in [0.15, 0.2) is 11.1 Å². The highest BCUT2D eigenvalue weighted by Crippen LogP contribution is 2.31. The highest BCUT2D eigenvalue weighted by molar-refractivity contribution is 7.18. The van der Waals surface area contributed by atoms with E-state index >= 15 is 0 Å². The number of rotatable bonds is 6. The Hall–Kier alpha value is -1.44. The van der Waals surface area contributed by atoms with Crippen LogP contribution in [0.25, 0.3) is 10.2 Å². The molecule has 0 aliphatic heterocycles. The summed E-state index contributed by atoms with van der Waals surface area (Å²) < 4.78 is 1.52. The number of carbonyl (C=O) groups excluding carboxylic acids is 1. The number of hydrogen-bond acceptors (Lipinski definition) is 5. The molecule has 0 bridgehead atoms. The number of halogens is 1. The maximum absolute atomic E-state index is 12.5. The van der Waals surface area contributed by atoms with Crippen LogP contribution >= 0.6 is 23.7 Å². The van der Waals surface area contributed by atoms with E-state index in [1.165, 1.54) is 22.2 Å². The summed E-state index contributed by atoms with van der Waals surface area (Å²) >= 11 is 1.53. The van der Waals surface area contributed by atoms with Gasteiger partial charge in [0.05, 0.1) is 11.7 Å². The molecular weight excluding hydrogens is 348 g/mol. The van der Waals surface area contributed by atoms with Crippen LogP contribution in [0, 0.1) is 19.8 Å². The first-order chi connectivity index (χ1) is 11.0. The van der Waals surface area contributed by atoms with Gasteiger partial charge in [-0.3, -0.25) is 14.2 Å². The Bertz CT molecular complexity index is 797. The van der Waals surface area contributed by atoms with Gasteiger partial charge in [0.2, 0.25) is 5.91 Å². The van der Waals surface area contributed by atoms with Crippen LogP contribution in [-0.2, 0) is 11.3 Å². The average molecular weight is 371 g/mol. The first-order valence-electron chi connectivity index (χ1n) is 7.94. The Morgan fingerprint density at radius 3 is 2.88 bits per heavy atom. The predicted molar refractivity (Wildman–Crippen MR) is 98.9 cm³/mol. The third-order valence-corrected chi connectivity index (χ3v) is 5.61. The van der Waals surface area contributed by atoms with E-state index in [0.29, 0.717) is 24.4 Å². The van der Waals surface area contributed by atoms with E-state index in [9.17, 15) is 9.59 Å². The maximum Gasteiger partial charge on any atom is 0.262 e. The van der Waals surface area contributed by atoms with Crippen LogP contribution in [0.2, 0.25) is 0 Å². The van der Waals surface area contributed by atoms with Gasteiger partial charge in [-0.2, -0.15) is 0 Å². The third kappa shape index (κ3) is 3.96. The average Bonchev–Trinajstić information content (AvgIpc) is 3.32. The van der Waals surface area contributed by atoms with Gasteiger partial charge in [0.25, 0.3) is 5.56 Å². The third-order valence-electron chi connectivity index (χ3n) is 4.50. The molecule has 1 saturated carbocycles. The number of nitrogens with zero attached hydrogens (tertiary/aromatic N) is 2. The minimum atomic E-state index is -0.0775. The van der Waals surface area contributed by atoms with E-state index in [1.807, 2.05) is 13.8 Å². The summed E-state index contributed by atoms with van der Waals surface area (Å²) in [6, 6.07) is 0.0520. The number of aromatic nitrogens is 2. The topological polar surface area (TPSA) is 90.0 Å². The van der Waals surface area contributed by atoms with Gasteiger partial charge in [-0.05, 0) is 38.2 Å². The molecule has 3 N–H and O–H groups in total. The molecule has 1 atom stereocenters. The van der Waals surface area contributed by atoms with Gasteiger partial charge in [-0.1, -0.05) is 0 Å². The van der Waals surface area contributed by atoms with Crippen LogP contribution in [0.3, 0.4) is 0 Å². The van der Waals surface area contributed by atoms with E-state index < -0.39 is 0 Å². The molecule has 3 rings (SSSR count). The van der Waals surface area contributed by atoms with Gasteiger partial charge in [0, 0.05) is 30.4 Å². The quantitative estimate of drug-likeness (QED) is 0.810. The van der Waals surface area contributed by atoms with E-state index in [0.717, 1.165) is 28.1 Å². The monoisotopic (exact) mass is 370 g/mol. The van der Waals surface area contributed by atoms with Crippen molar-refractivity contribution in [3.8, 4) is 0 Å². The molecule has 6 nitrogen and oxygen atoms in total. The largest absolute Gasteiger partial charge is 0.354 e. The van der Waals surface area contributed by atoms with Gasteiger partial charge < -0.3 is 11.1 Å². The van der Waals surface area contributed by atoms with E-state index in [1.54, 1.807) is 0 Å². The Balaban J connectivity index is 0.00000208. The van der Waals surface area contributed by atoms with Gasteiger partial charge in [0.1, 0.15) is 4.83 Å². The number of nitrogens with one attached hydrogen (secondary N) is 1. The molecule has 0 saturated heterocycles. The van der Waals surface area contributed by atoms with E-state index in [-0.39, 0.29) is 36.3 Å². The van der Waals surface area contributed by atoms with Gasteiger partial charge in [-0.25, -0.2) is 4.98 Å². The minimum absolute atomic E-state index is 0. The Morgan fingerprint density at radius 2 is 2.21 bits per heavy atom.